The van der Waals surface area contributed by atoms with Gasteiger partial charge in [0.25, 0.3) is 0 Å². The van der Waals surface area contributed by atoms with E-state index in [4.69, 9.17) is 0 Å². The molecule has 0 aromatic heterocycles. The van der Waals surface area contributed by atoms with Crippen LogP contribution in [0.1, 0.15) is 19.8 Å². The molecule has 2 unspecified atom stereocenters. The molecular formula is C15H20N2OS. The molecule has 2 aliphatic rings. The highest BCUT2D eigenvalue weighted by Crippen LogP contribution is 2.35. The molecule has 19 heavy (non-hydrogen) atoms. The average Bonchev–Trinajstić information content (AvgIpc) is 2.46. The first kappa shape index (κ1) is 13.0. The maximum atomic E-state index is 12.8. The molecule has 4 heteroatoms. The Labute approximate surface area is 118 Å². The summed E-state index contributed by atoms with van der Waals surface area (Å²) < 4.78 is 0. The fourth-order valence-corrected chi connectivity index (χ4v) is 3.94. The number of carbonyl (C=O) groups is 1. The van der Waals surface area contributed by atoms with E-state index in [9.17, 15) is 4.79 Å². The summed E-state index contributed by atoms with van der Waals surface area (Å²) in [6, 6.07) is 8.22. The fraction of sp³-hybridized carbons (Fsp3) is 0.533. The Hall–Kier alpha value is -1.00. The molecule has 1 aromatic rings. The lowest BCUT2D eigenvalue weighted by Gasteiger charge is -2.36. The highest BCUT2D eigenvalue weighted by atomic mass is 32.2. The Morgan fingerprint density at radius 1 is 1.42 bits per heavy atom. The third kappa shape index (κ3) is 2.51. The van der Waals surface area contributed by atoms with E-state index >= 15 is 0 Å². The number of hydrogen-bond acceptors (Lipinski definition) is 3. The Kier molecular flexibility index (Phi) is 3.80. The van der Waals surface area contributed by atoms with Gasteiger partial charge in [-0.25, -0.2) is 0 Å². The van der Waals surface area contributed by atoms with Gasteiger partial charge >= 0.3 is 0 Å². The van der Waals surface area contributed by atoms with Gasteiger partial charge in [0, 0.05) is 17.2 Å². The first-order chi connectivity index (χ1) is 9.27. The molecule has 1 N–H and O–H groups in total. The Bertz CT molecular complexity index is 477. The van der Waals surface area contributed by atoms with E-state index in [0.29, 0.717) is 5.92 Å². The molecule has 0 radical (unpaired) electrons. The van der Waals surface area contributed by atoms with Crippen LogP contribution < -0.4 is 10.2 Å². The van der Waals surface area contributed by atoms with Crippen LogP contribution in [0.15, 0.2) is 29.2 Å². The summed E-state index contributed by atoms with van der Waals surface area (Å²) in [5.74, 6) is 1.67. The number of nitrogens with zero attached hydrogens (tertiary/aromatic N) is 1. The minimum Gasteiger partial charge on any atom is -0.309 e. The van der Waals surface area contributed by atoms with E-state index in [1.54, 1.807) is 0 Å². The molecule has 102 valence electrons. The van der Waals surface area contributed by atoms with Crippen LogP contribution in [0.3, 0.4) is 0 Å². The number of anilines is 1. The van der Waals surface area contributed by atoms with Crippen molar-refractivity contribution in [2.75, 3.05) is 23.7 Å². The molecule has 3 nitrogen and oxygen atoms in total. The fourth-order valence-electron chi connectivity index (χ4n) is 2.95. The number of thioether (sulfide) groups is 1. The van der Waals surface area contributed by atoms with Crippen molar-refractivity contribution in [3.05, 3.63) is 24.3 Å². The summed E-state index contributed by atoms with van der Waals surface area (Å²) in [6.07, 6.45) is 2.32. The van der Waals surface area contributed by atoms with Gasteiger partial charge in [-0.15, -0.1) is 11.8 Å². The van der Waals surface area contributed by atoms with E-state index in [1.165, 1.54) is 11.3 Å². The minimum atomic E-state index is -0.00935. The monoisotopic (exact) mass is 276 g/mol. The van der Waals surface area contributed by atoms with Crippen molar-refractivity contribution in [2.24, 2.45) is 5.92 Å². The third-order valence-corrected chi connectivity index (χ3v) is 5.07. The van der Waals surface area contributed by atoms with Gasteiger partial charge in [0.2, 0.25) is 5.91 Å². The number of hydrogen-bond donors (Lipinski definition) is 1. The molecule has 1 saturated heterocycles. The van der Waals surface area contributed by atoms with E-state index < -0.39 is 0 Å². The second-order valence-electron chi connectivity index (χ2n) is 5.36. The number of carbonyl (C=O) groups excluding carboxylic acids is 1. The van der Waals surface area contributed by atoms with Gasteiger partial charge in [0.05, 0.1) is 11.7 Å². The second-order valence-corrected chi connectivity index (χ2v) is 6.49. The van der Waals surface area contributed by atoms with Crippen molar-refractivity contribution in [2.45, 2.75) is 30.7 Å². The maximum absolute atomic E-state index is 12.8. The van der Waals surface area contributed by atoms with E-state index in [-0.39, 0.29) is 11.9 Å². The Balaban J connectivity index is 1.84. The van der Waals surface area contributed by atoms with Gasteiger partial charge in [-0.1, -0.05) is 19.1 Å². The lowest BCUT2D eigenvalue weighted by atomic mass is 9.91. The van der Waals surface area contributed by atoms with Crippen molar-refractivity contribution in [1.29, 1.82) is 0 Å². The van der Waals surface area contributed by atoms with Crippen LogP contribution >= 0.6 is 11.8 Å². The second kappa shape index (κ2) is 5.55. The standard InChI is InChI=1S/C15H20N2OS/c1-11-5-4-8-16-14(11)15(18)17-9-10-19-13-7-3-2-6-12(13)17/h2-3,6-7,11,14,16H,4-5,8-10H2,1H3. The minimum absolute atomic E-state index is 0.00935. The predicted octanol–water partition coefficient (Wildman–Crippen LogP) is 2.51. The van der Waals surface area contributed by atoms with E-state index in [0.717, 1.165) is 31.0 Å². The van der Waals surface area contributed by atoms with Crippen LogP contribution in [-0.4, -0.2) is 30.8 Å². The quantitative estimate of drug-likeness (QED) is 0.855. The Morgan fingerprint density at radius 2 is 2.26 bits per heavy atom. The van der Waals surface area contributed by atoms with E-state index in [2.05, 4.69) is 24.4 Å². The van der Waals surface area contributed by atoms with Crippen LogP contribution in [-0.2, 0) is 4.79 Å². The number of piperidine rings is 1. The van der Waals surface area contributed by atoms with Gasteiger partial charge in [-0.05, 0) is 37.4 Å². The third-order valence-electron chi connectivity index (χ3n) is 4.03. The predicted molar refractivity (Wildman–Crippen MR) is 79.7 cm³/mol. The summed E-state index contributed by atoms with van der Waals surface area (Å²) in [7, 11) is 0. The van der Waals surface area contributed by atoms with Crippen LogP contribution in [0, 0.1) is 5.92 Å². The molecular weight excluding hydrogens is 256 g/mol. The van der Waals surface area contributed by atoms with Gasteiger partial charge < -0.3 is 10.2 Å². The normalized spacial score (nSPS) is 26.9. The molecule has 0 bridgehead atoms. The highest BCUT2D eigenvalue weighted by Gasteiger charge is 2.33. The molecule has 1 aromatic carbocycles. The summed E-state index contributed by atoms with van der Waals surface area (Å²) >= 11 is 1.84. The van der Waals surface area contributed by atoms with Crippen molar-refractivity contribution in [3.8, 4) is 0 Å². The largest absolute Gasteiger partial charge is 0.309 e. The summed E-state index contributed by atoms with van der Waals surface area (Å²) in [6.45, 7) is 3.97. The summed E-state index contributed by atoms with van der Waals surface area (Å²) in [5, 5.41) is 3.40. The molecule has 0 aliphatic carbocycles. The molecule has 3 rings (SSSR count). The number of benzene rings is 1. The molecule has 2 heterocycles. The molecule has 0 saturated carbocycles. The lowest BCUT2D eigenvalue weighted by molar-refractivity contribution is -0.122. The van der Waals surface area contributed by atoms with Crippen molar-refractivity contribution in [3.63, 3.8) is 0 Å². The van der Waals surface area contributed by atoms with Crippen molar-refractivity contribution < 1.29 is 4.79 Å². The van der Waals surface area contributed by atoms with Crippen LogP contribution in [0.2, 0.25) is 0 Å². The topological polar surface area (TPSA) is 32.3 Å². The van der Waals surface area contributed by atoms with Crippen LogP contribution in [0.4, 0.5) is 5.69 Å². The SMILES string of the molecule is CC1CCCNC1C(=O)N1CCSc2ccccc21. The zero-order chi connectivity index (χ0) is 13.2. The number of fused-ring (bicyclic) bond motifs is 1. The van der Waals surface area contributed by atoms with Crippen LogP contribution in [0.5, 0.6) is 0 Å². The first-order valence-corrected chi connectivity index (χ1v) is 8.02. The first-order valence-electron chi connectivity index (χ1n) is 7.04. The van der Waals surface area contributed by atoms with Gasteiger partial charge in [-0.2, -0.15) is 0 Å². The molecule has 2 aliphatic heterocycles. The molecule has 2 atom stereocenters. The van der Waals surface area contributed by atoms with Gasteiger partial charge in [-0.3, -0.25) is 4.79 Å². The van der Waals surface area contributed by atoms with E-state index in [1.807, 2.05) is 28.8 Å². The zero-order valence-corrected chi connectivity index (χ0v) is 12.1. The lowest BCUT2D eigenvalue weighted by Crippen LogP contribution is -2.53. The molecule has 1 fully saturated rings. The average molecular weight is 276 g/mol. The summed E-state index contributed by atoms with van der Waals surface area (Å²) in [5.41, 5.74) is 1.09. The number of rotatable bonds is 1. The number of amides is 1. The van der Waals surface area contributed by atoms with Crippen LogP contribution in [0.25, 0.3) is 0 Å². The number of para-hydroxylation sites is 1. The van der Waals surface area contributed by atoms with Gasteiger partial charge in [0.15, 0.2) is 0 Å². The zero-order valence-electron chi connectivity index (χ0n) is 11.3. The summed E-state index contributed by atoms with van der Waals surface area (Å²) in [4.78, 5) is 16.0. The maximum Gasteiger partial charge on any atom is 0.244 e. The van der Waals surface area contributed by atoms with Crippen molar-refractivity contribution >= 4 is 23.4 Å². The Morgan fingerprint density at radius 3 is 3.11 bits per heavy atom. The highest BCUT2D eigenvalue weighted by molar-refractivity contribution is 7.99. The number of nitrogens with one attached hydrogen (secondary N) is 1. The molecule has 0 spiro atoms. The molecule has 1 amide bonds. The van der Waals surface area contributed by atoms with Gasteiger partial charge in [0.1, 0.15) is 0 Å². The van der Waals surface area contributed by atoms with Crippen molar-refractivity contribution in [1.82, 2.24) is 5.32 Å². The smallest absolute Gasteiger partial charge is 0.244 e.